The summed E-state index contributed by atoms with van der Waals surface area (Å²) < 4.78 is 34.7. The van der Waals surface area contributed by atoms with Gasteiger partial charge in [0.25, 0.3) is 0 Å². The Balaban J connectivity index is 2.80. The third kappa shape index (κ3) is 4.91. The lowest BCUT2D eigenvalue weighted by atomic mass is 10.2. The molecule has 0 saturated heterocycles. The first-order valence-corrected chi connectivity index (χ1v) is 8.73. The lowest BCUT2D eigenvalue weighted by molar-refractivity contribution is -0.121. The van der Waals surface area contributed by atoms with Gasteiger partial charge in [-0.3, -0.25) is 4.79 Å². The number of benzene rings is 1. The van der Waals surface area contributed by atoms with E-state index >= 15 is 0 Å². The summed E-state index contributed by atoms with van der Waals surface area (Å²) in [4.78, 5) is 11.8. The second-order valence-corrected chi connectivity index (χ2v) is 7.07. The molecule has 0 heterocycles. The zero-order valence-corrected chi connectivity index (χ0v) is 14.2. The summed E-state index contributed by atoms with van der Waals surface area (Å²) in [6, 6.07) is 4.42. The van der Waals surface area contributed by atoms with Gasteiger partial charge in [0.05, 0.1) is 24.9 Å². The molecular formula is C15H23NO5S. The summed E-state index contributed by atoms with van der Waals surface area (Å²) >= 11 is 0. The van der Waals surface area contributed by atoms with Gasteiger partial charge in [0.15, 0.2) is 21.3 Å². The molecule has 0 spiro atoms. The van der Waals surface area contributed by atoms with Crippen LogP contribution in [-0.2, 0) is 14.6 Å². The van der Waals surface area contributed by atoms with E-state index in [9.17, 15) is 13.2 Å². The van der Waals surface area contributed by atoms with Gasteiger partial charge in [-0.25, -0.2) is 8.42 Å². The third-order valence-electron chi connectivity index (χ3n) is 3.33. The monoisotopic (exact) mass is 329 g/mol. The lowest BCUT2D eigenvalue weighted by Crippen LogP contribution is -2.33. The molecule has 1 N–H and O–H groups in total. The second-order valence-electron chi connectivity index (χ2n) is 4.96. The van der Waals surface area contributed by atoms with Crippen molar-refractivity contribution in [2.75, 3.05) is 20.0 Å². The molecule has 0 bridgehead atoms. The number of amides is 1. The second kappa shape index (κ2) is 8.03. The molecule has 1 amide bonds. The van der Waals surface area contributed by atoms with Crippen molar-refractivity contribution >= 4 is 15.7 Å². The summed E-state index contributed by atoms with van der Waals surface area (Å²) in [5.74, 6) is 0.284. The minimum atomic E-state index is -3.55. The van der Waals surface area contributed by atoms with Gasteiger partial charge in [-0.1, -0.05) is 6.92 Å². The highest BCUT2D eigenvalue weighted by Crippen LogP contribution is 2.29. The zero-order valence-electron chi connectivity index (χ0n) is 13.4. The van der Waals surface area contributed by atoms with Gasteiger partial charge in [-0.2, -0.15) is 0 Å². The van der Waals surface area contributed by atoms with Crippen molar-refractivity contribution in [3.8, 4) is 11.5 Å². The van der Waals surface area contributed by atoms with Crippen LogP contribution < -0.4 is 14.8 Å². The predicted molar refractivity (Wildman–Crippen MR) is 84.1 cm³/mol. The summed E-state index contributed by atoms with van der Waals surface area (Å²) in [6.07, 6.45) is 0.731. The first-order valence-electron chi connectivity index (χ1n) is 7.08. The first-order chi connectivity index (χ1) is 10.3. The number of methoxy groups -OCH3 is 2. The molecule has 1 atom stereocenters. The Morgan fingerprint density at radius 2 is 1.86 bits per heavy atom. The van der Waals surface area contributed by atoms with E-state index in [1.54, 1.807) is 0 Å². The molecule has 0 fully saturated rings. The van der Waals surface area contributed by atoms with E-state index in [1.807, 2.05) is 13.8 Å². The van der Waals surface area contributed by atoms with Crippen molar-refractivity contribution < 1.29 is 22.7 Å². The summed E-state index contributed by atoms with van der Waals surface area (Å²) in [5, 5.41) is 2.75. The number of sulfone groups is 1. The summed E-state index contributed by atoms with van der Waals surface area (Å²) in [5.41, 5.74) is 0. The molecule has 124 valence electrons. The maximum Gasteiger partial charge on any atom is 0.221 e. The van der Waals surface area contributed by atoms with Crippen LogP contribution in [0.25, 0.3) is 0 Å². The largest absolute Gasteiger partial charge is 0.493 e. The van der Waals surface area contributed by atoms with E-state index < -0.39 is 9.84 Å². The Bertz CT molecular complexity index is 612. The number of hydrogen-bond donors (Lipinski definition) is 1. The van der Waals surface area contributed by atoms with Crippen LogP contribution in [0.3, 0.4) is 0 Å². The van der Waals surface area contributed by atoms with Gasteiger partial charge in [-0.05, 0) is 25.5 Å². The topological polar surface area (TPSA) is 81.7 Å². The van der Waals surface area contributed by atoms with Crippen LogP contribution in [-0.4, -0.2) is 40.3 Å². The van der Waals surface area contributed by atoms with Crippen molar-refractivity contribution in [2.45, 2.75) is 37.6 Å². The fourth-order valence-electron chi connectivity index (χ4n) is 1.80. The Morgan fingerprint density at radius 1 is 1.23 bits per heavy atom. The highest BCUT2D eigenvalue weighted by Gasteiger charge is 2.19. The van der Waals surface area contributed by atoms with Gasteiger partial charge in [0, 0.05) is 18.5 Å². The number of hydrogen-bond acceptors (Lipinski definition) is 5. The van der Waals surface area contributed by atoms with Crippen LogP contribution in [0, 0.1) is 0 Å². The molecule has 0 aliphatic rings. The van der Waals surface area contributed by atoms with E-state index in [2.05, 4.69) is 5.32 Å². The molecule has 7 heteroatoms. The van der Waals surface area contributed by atoms with Crippen molar-refractivity contribution in [1.29, 1.82) is 0 Å². The molecule has 1 aromatic rings. The van der Waals surface area contributed by atoms with Gasteiger partial charge < -0.3 is 14.8 Å². The van der Waals surface area contributed by atoms with E-state index in [0.29, 0.717) is 11.5 Å². The molecule has 1 aromatic carbocycles. The number of carbonyl (C=O) groups excluding carboxylic acids is 1. The SMILES string of the molecule is CCC(C)NC(=O)CCS(=O)(=O)c1ccc(OC)c(OC)c1. The van der Waals surface area contributed by atoms with Crippen LogP contribution in [0.4, 0.5) is 0 Å². The molecule has 6 nitrogen and oxygen atoms in total. The quantitative estimate of drug-likeness (QED) is 0.786. The maximum absolute atomic E-state index is 12.3. The maximum atomic E-state index is 12.3. The van der Waals surface area contributed by atoms with Crippen LogP contribution in [0.5, 0.6) is 11.5 Å². The average Bonchev–Trinajstić information content (AvgIpc) is 2.52. The fraction of sp³-hybridized carbons (Fsp3) is 0.533. The Labute approximate surface area is 131 Å². The van der Waals surface area contributed by atoms with E-state index in [-0.39, 0.29) is 29.0 Å². The van der Waals surface area contributed by atoms with Crippen LogP contribution in [0.1, 0.15) is 26.7 Å². The first kappa shape index (κ1) is 18.3. The van der Waals surface area contributed by atoms with Crippen LogP contribution in [0.15, 0.2) is 23.1 Å². The summed E-state index contributed by atoms with van der Waals surface area (Å²) in [6.45, 7) is 3.83. The molecule has 0 aromatic heterocycles. The molecule has 1 rings (SSSR count). The number of nitrogens with one attached hydrogen (secondary N) is 1. The summed E-state index contributed by atoms with van der Waals surface area (Å²) in [7, 11) is -0.636. The van der Waals surface area contributed by atoms with Gasteiger partial charge in [-0.15, -0.1) is 0 Å². The van der Waals surface area contributed by atoms with Crippen molar-refractivity contribution in [3.05, 3.63) is 18.2 Å². The molecule has 22 heavy (non-hydrogen) atoms. The molecule has 1 unspecified atom stereocenters. The normalized spacial score (nSPS) is 12.5. The molecule has 0 saturated carbocycles. The standard InChI is InChI=1S/C15H23NO5S/c1-5-11(2)16-15(17)8-9-22(18,19)12-6-7-13(20-3)14(10-12)21-4/h6-7,10-11H,5,8-9H2,1-4H3,(H,16,17). The van der Waals surface area contributed by atoms with Crippen molar-refractivity contribution in [2.24, 2.45) is 0 Å². The van der Waals surface area contributed by atoms with Gasteiger partial charge in [0.1, 0.15) is 0 Å². The van der Waals surface area contributed by atoms with Crippen LogP contribution in [0.2, 0.25) is 0 Å². The van der Waals surface area contributed by atoms with Crippen LogP contribution >= 0.6 is 0 Å². The minimum absolute atomic E-state index is 0.0382. The number of carbonyl (C=O) groups is 1. The Hall–Kier alpha value is -1.76. The highest BCUT2D eigenvalue weighted by molar-refractivity contribution is 7.91. The van der Waals surface area contributed by atoms with Crippen molar-refractivity contribution in [3.63, 3.8) is 0 Å². The van der Waals surface area contributed by atoms with Gasteiger partial charge >= 0.3 is 0 Å². The molecule has 0 aliphatic carbocycles. The highest BCUT2D eigenvalue weighted by atomic mass is 32.2. The molecule has 0 aliphatic heterocycles. The third-order valence-corrected chi connectivity index (χ3v) is 5.05. The van der Waals surface area contributed by atoms with E-state index in [1.165, 1.54) is 32.4 Å². The van der Waals surface area contributed by atoms with Gasteiger partial charge in [0.2, 0.25) is 5.91 Å². The Morgan fingerprint density at radius 3 is 2.41 bits per heavy atom. The minimum Gasteiger partial charge on any atom is -0.493 e. The predicted octanol–water partition coefficient (Wildman–Crippen LogP) is 1.78. The Kier molecular flexibility index (Phi) is 6.67. The molecular weight excluding hydrogens is 306 g/mol. The number of rotatable bonds is 8. The molecule has 0 radical (unpaired) electrons. The fourth-order valence-corrected chi connectivity index (χ4v) is 3.06. The van der Waals surface area contributed by atoms with E-state index in [4.69, 9.17) is 9.47 Å². The zero-order chi connectivity index (χ0) is 16.8. The average molecular weight is 329 g/mol. The number of ether oxygens (including phenoxy) is 2. The van der Waals surface area contributed by atoms with Crippen molar-refractivity contribution in [1.82, 2.24) is 5.32 Å². The lowest BCUT2D eigenvalue weighted by Gasteiger charge is -2.12. The smallest absolute Gasteiger partial charge is 0.221 e. The van der Waals surface area contributed by atoms with E-state index in [0.717, 1.165) is 6.42 Å².